The molecule has 2 aliphatic rings. The fourth-order valence-corrected chi connectivity index (χ4v) is 4.38. The predicted molar refractivity (Wildman–Crippen MR) is 150 cm³/mol. The van der Waals surface area contributed by atoms with Gasteiger partial charge in [0, 0.05) is 25.0 Å². The van der Waals surface area contributed by atoms with Crippen LogP contribution in [0.1, 0.15) is 50.7 Å². The summed E-state index contributed by atoms with van der Waals surface area (Å²) in [5, 5.41) is 23.1. The minimum atomic E-state index is -0.452. The second-order valence-corrected chi connectivity index (χ2v) is 10.6. The molecule has 4 rings (SSSR count). The lowest BCUT2D eigenvalue weighted by Gasteiger charge is -2.18. The first kappa shape index (κ1) is 31.1. The average Bonchev–Trinajstić information content (AvgIpc) is 3.38. The molecule has 0 saturated carbocycles. The van der Waals surface area contributed by atoms with E-state index in [4.69, 9.17) is 5.11 Å². The number of benzene rings is 2. The van der Waals surface area contributed by atoms with E-state index < -0.39 is 11.2 Å². The van der Waals surface area contributed by atoms with Gasteiger partial charge in [-0.05, 0) is 76.6 Å². The minimum Gasteiger partial charge on any atom is -0.389 e. The number of halogens is 2. The fraction of sp³-hybridized carbons (Fsp3) is 0.571. The zero-order chi connectivity index (χ0) is 24.0. The third-order valence-electron chi connectivity index (χ3n) is 6.10. The van der Waals surface area contributed by atoms with Crippen molar-refractivity contribution in [2.75, 3.05) is 38.1 Å². The first-order chi connectivity index (χ1) is 15.8. The number of alkyl halides is 1. The highest BCUT2D eigenvalue weighted by atomic mass is 79.9. The van der Waals surface area contributed by atoms with Crippen LogP contribution in [0.25, 0.3) is 0 Å². The van der Waals surface area contributed by atoms with Crippen LogP contribution in [0.15, 0.2) is 60.7 Å². The molecule has 2 heterocycles. The highest BCUT2D eigenvalue weighted by molar-refractivity contribution is 9.09. The first-order valence-electron chi connectivity index (χ1n) is 12.3. The number of aryl methyl sites for hydroxylation is 2. The molecule has 2 saturated heterocycles. The van der Waals surface area contributed by atoms with Crippen molar-refractivity contribution >= 4 is 28.3 Å². The van der Waals surface area contributed by atoms with E-state index in [9.17, 15) is 5.11 Å². The Morgan fingerprint density at radius 2 is 1.41 bits per heavy atom. The van der Waals surface area contributed by atoms with Crippen LogP contribution in [0.5, 0.6) is 0 Å². The van der Waals surface area contributed by atoms with Gasteiger partial charge in [-0.25, -0.2) is 0 Å². The average molecular weight is 556 g/mol. The molecule has 2 aromatic carbocycles. The van der Waals surface area contributed by atoms with Crippen LogP contribution < -0.4 is 5.32 Å². The summed E-state index contributed by atoms with van der Waals surface area (Å²) in [5.74, 6) is 0. The highest BCUT2D eigenvalue weighted by Gasteiger charge is 2.30. The van der Waals surface area contributed by atoms with Crippen molar-refractivity contribution in [2.24, 2.45) is 0 Å². The second kappa shape index (κ2) is 16.7. The van der Waals surface area contributed by atoms with E-state index in [-0.39, 0.29) is 12.4 Å². The van der Waals surface area contributed by atoms with Crippen molar-refractivity contribution in [3.63, 3.8) is 0 Å². The normalized spacial score (nSPS) is 23.8. The lowest BCUT2D eigenvalue weighted by Crippen LogP contribution is -2.30. The number of nitrogens with one attached hydrogen (secondary N) is 1. The molecule has 2 aromatic rings. The summed E-state index contributed by atoms with van der Waals surface area (Å²) in [4.78, 5) is 2.36. The van der Waals surface area contributed by atoms with Crippen LogP contribution in [0.4, 0.5) is 0 Å². The number of likely N-dealkylation sites (tertiary alicyclic amines) is 1. The van der Waals surface area contributed by atoms with Gasteiger partial charge in [0.1, 0.15) is 0 Å². The molecule has 6 heteroatoms. The monoisotopic (exact) mass is 554 g/mol. The van der Waals surface area contributed by atoms with Crippen LogP contribution in [-0.4, -0.2) is 64.4 Å². The molecule has 0 amide bonds. The third kappa shape index (κ3) is 13.8. The van der Waals surface area contributed by atoms with Gasteiger partial charge >= 0.3 is 0 Å². The number of rotatable bonds is 7. The topological polar surface area (TPSA) is 55.7 Å². The quantitative estimate of drug-likeness (QED) is 0.409. The zero-order valence-corrected chi connectivity index (χ0v) is 23.3. The molecular formula is C28H44BrClN2O2. The van der Waals surface area contributed by atoms with E-state index in [1.54, 1.807) is 0 Å². The molecule has 2 unspecified atom stereocenters. The Bertz CT molecular complexity index is 752. The van der Waals surface area contributed by atoms with Gasteiger partial charge in [-0.2, -0.15) is 0 Å². The van der Waals surface area contributed by atoms with Gasteiger partial charge in [-0.15, -0.1) is 12.4 Å². The summed E-state index contributed by atoms with van der Waals surface area (Å²) in [5.41, 5.74) is 1.97. The van der Waals surface area contributed by atoms with Crippen molar-refractivity contribution < 1.29 is 10.2 Å². The summed E-state index contributed by atoms with van der Waals surface area (Å²) in [7, 11) is 0. The van der Waals surface area contributed by atoms with E-state index in [0.29, 0.717) is 0 Å². The molecular weight excluding hydrogens is 512 g/mol. The van der Waals surface area contributed by atoms with Crippen molar-refractivity contribution in [2.45, 2.75) is 63.6 Å². The number of hydrogen-bond donors (Lipinski definition) is 3. The predicted octanol–water partition coefficient (Wildman–Crippen LogP) is 5.24. The van der Waals surface area contributed by atoms with Crippen LogP contribution in [0.3, 0.4) is 0 Å². The SMILES string of the molecule is BrCCCc1ccccc1.CC1(O)CCN(CCCc2ccccc2)C1.CC1(O)CCNC1.Cl. The van der Waals surface area contributed by atoms with Gasteiger partial charge < -0.3 is 20.4 Å². The van der Waals surface area contributed by atoms with Gasteiger partial charge in [-0.1, -0.05) is 76.6 Å². The molecule has 0 aliphatic carbocycles. The molecule has 34 heavy (non-hydrogen) atoms. The van der Waals surface area contributed by atoms with E-state index in [1.165, 1.54) is 30.4 Å². The number of β-amino-alcohol motifs (C(OH)–C–C–N with tert-alkyl or cyclic N) is 2. The standard InChI is InChI=1S/C14H21NO.C9H11Br.C5H11NO.ClH/c1-14(16)9-11-15(12-14)10-5-8-13-6-3-2-4-7-13;10-8-4-7-9-5-2-1-3-6-9;1-5(7)2-3-6-4-5;/h2-4,6-7,16H,5,8-12H2,1H3;1-3,5-6H,4,7-8H2;6-7H,2-4H2,1H3;1H. The van der Waals surface area contributed by atoms with Gasteiger partial charge in [-0.3, -0.25) is 0 Å². The van der Waals surface area contributed by atoms with Gasteiger partial charge in [0.05, 0.1) is 11.2 Å². The Morgan fingerprint density at radius 1 is 0.853 bits per heavy atom. The molecule has 4 nitrogen and oxygen atoms in total. The van der Waals surface area contributed by atoms with Crippen molar-refractivity contribution in [1.82, 2.24) is 10.2 Å². The Balaban J connectivity index is 0.000000275. The molecule has 2 fully saturated rings. The van der Waals surface area contributed by atoms with E-state index in [0.717, 1.165) is 57.3 Å². The molecule has 2 atom stereocenters. The Labute approximate surface area is 221 Å². The molecule has 0 spiro atoms. The largest absolute Gasteiger partial charge is 0.389 e. The highest BCUT2D eigenvalue weighted by Crippen LogP contribution is 2.20. The lowest BCUT2D eigenvalue weighted by atomic mass is 10.1. The Hall–Kier alpha value is -0.950. The lowest BCUT2D eigenvalue weighted by molar-refractivity contribution is 0.0687. The zero-order valence-electron chi connectivity index (χ0n) is 20.9. The number of aliphatic hydroxyl groups is 2. The molecule has 0 bridgehead atoms. The van der Waals surface area contributed by atoms with Crippen molar-refractivity contribution in [3.05, 3.63) is 71.8 Å². The molecule has 3 N–H and O–H groups in total. The summed E-state index contributed by atoms with van der Waals surface area (Å²) < 4.78 is 0. The van der Waals surface area contributed by atoms with Gasteiger partial charge in [0.25, 0.3) is 0 Å². The molecule has 0 aromatic heterocycles. The first-order valence-corrected chi connectivity index (χ1v) is 13.4. The van der Waals surface area contributed by atoms with Gasteiger partial charge in [0.15, 0.2) is 0 Å². The molecule has 0 radical (unpaired) electrons. The summed E-state index contributed by atoms with van der Waals surface area (Å²) in [6, 6.07) is 21.2. The minimum absolute atomic E-state index is 0. The molecule has 192 valence electrons. The van der Waals surface area contributed by atoms with Crippen molar-refractivity contribution in [1.29, 1.82) is 0 Å². The van der Waals surface area contributed by atoms with Crippen LogP contribution in [0, 0.1) is 0 Å². The smallest absolute Gasteiger partial charge is 0.0758 e. The fourth-order valence-electron chi connectivity index (χ4n) is 4.10. The number of nitrogens with zero attached hydrogens (tertiary/aromatic N) is 1. The Morgan fingerprint density at radius 3 is 1.79 bits per heavy atom. The van der Waals surface area contributed by atoms with Gasteiger partial charge in [0.2, 0.25) is 0 Å². The maximum Gasteiger partial charge on any atom is 0.0758 e. The summed E-state index contributed by atoms with van der Waals surface area (Å²) in [6.07, 6.45) is 6.54. The van der Waals surface area contributed by atoms with Crippen LogP contribution >= 0.6 is 28.3 Å². The Kier molecular flexibility index (Phi) is 15.2. The number of hydrogen-bond acceptors (Lipinski definition) is 4. The van der Waals surface area contributed by atoms with E-state index in [2.05, 4.69) is 86.8 Å². The summed E-state index contributed by atoms with van der Waals surface area (Å²) in [6.45, 7) is 8.49. The maximum absolute atomic E-state index is 9.84. The second-order valence-electron chi connectivity index (χ2n) is 9.81. The molecule has 2 aliphatic heterocycles. The van der Waals surface area contributed by atoms with Crippen molar-refractivity contribution in [3.8, 4) is 0 Å². The van der Waals surface area contributed by atoms with Crippen LogP contribution in [-0.2, 0) is 12.8 Å². The maximum atomic E-state index is 9.84. The van der Waals surface area contributed by atoms with E-state index in [1.807, 2.05) is 13.8 Å². The summed E-state index contributed by atoms with van der Waals surface area (Å²) >= 11 is 3.41. The third-order valence-corrected chi connectivity index (χ3v) is 6.66. The van der Waals surface area contributed by atoms with E-state index >= 15 is 0 Å². The van der Waals surface area contributed by atoms with Crippen LogP contribution in [0.2, 0.25) is 0 Å².